The van der Waals surface area contributed by atoms with Gasteiger partial charge in [-0.1, -0.05) is 0 Å². The third kappa shape index (κ3) is 3.69. The molecule has 0 aliphatic heterocycles. The van der Waals surface area contributed by atoms with Gasteiger partial charge in [-0.05, 0) is 38.7 Å². The summed E-state index contributed by atoms with van der Waals surface area (Å²) in [4.78, 5) is 26.3. The van der Waals surface area contributed by atoms with E-state index in [0.717, 1.165) is 4.90 Å². The summed E-state index contributed by atoms with van der Waals surface area (Å²) >= 11 is 0. The lowest BCUT2D eigenvalue weighted by molar-refractivity contribution is -0.116. The Bertz CT molecular complexity index is 486. The summed E-state index contributed by atoms with van der Waals surface area (Å²) in [5.41, 5.74) is 13.2. The molecule has 0 spiro atoms. The van der Waals surface area contributed by atoms with Crippen LogP contribution in [0.1, 0.15) is 15.9 Å². The molecule has 0 fully saturated rings. The summed E-state index contributed by atoms with van der Waals surface area (Å²) in [6.07, 6.45) is 0.540. The number of amides is 2. The molecule has 1 aromatic carbocycles. The summed E-state index contributed by atoms with van der Waals surface area (Å²) in [6.45, 7) is 2.70. The first-order chi connectivity index (χ1) is 8.86. The van der Waals surface area contributed by atoms with Crippen molar-refractivity contribution in [3.8, 4) is 0 Å². The molecule has 4 N–H and O–H groups in total. The van der Waals surface area contributed by atoms with Crippen molar-refractivity contribution in [1.82, 2.24) is 9.80 Å². The fourth-order valence-corrected chi connectivity index (χ4v) is 1.64. The van der Waals surface area contributed by atoms with Crippen molar-refractivity contribution in [3.63, 3.8) is 0 Å². The molecule has 0 heterocycles. The third-order valence-electron chi connectivity index (χ3n) is 2.84. The van der Waals surface area contributed by atoms with Gasteiger partial charge < -0.3 is 16.4 Å². The molecule has 19 heavy (non-hydrogen) atoms. The molecule has 2 amide bonds. The second-order valence-electron chi connectivity index (χ2n) is 4.70. The average Bonchev–Trinajstić information content (AvgIpc) is 2.34. The topological polar surface area (TPSA) is 92.7 Å². The standard InChI is InChI=1S/C13H20N4O2/c1-9-6-11(14)12(15)7-10(9)13(19)17(8-18)5-4-16(2)3/h6-8H,4-5,14-15H2,1-3H3. The number of rotatable bonds is 5. The molecular weight excluding hydrogens is 244 g/mol. The Kier molecular flexibility index (Phi) is 4.88. The minimum atomic E-state index is -0.360. The number of nitrogens with two attached hydrogens (primary N) is 2. The fourth-order valence-electron chi connectivity index (χ4n) is 1.64. The number of anilines is 2. The second-order valence-corrected chi connectivity index (χ2v) is 4.70. The highest BCUT2D eigenvalue weighted by atomic mass is 16.2. The van der Waals surface area contributed by atoms with Crippen LogP contribution in [0.15, 0.2) is 12.1 Å². The van der Waals surface area contributed by atoms with Crippen LogP contribution in [0, 0.1) is 6.92 Å². The van der Waals surface area contributed by atoms with E-state index in [9.17, 15) is 9.59 Å². The highest BCUT2D eigenvalue weighted by Gasteiger charge is 2.18. The van der Waals surface area contributed by atoms with E-state index < -0.39 is 0 Å². The van der Waals surface area contributed by atoms with Gasteiger partial charge in [-0.3, -0.25) is 14.5 Å². The van der Waals surface area contributed by atoms with E-state index in [2.05, 4.69) is 0 Å². The smallest absolute Gasteiger partial charge is 0.260 e. The molecule has 6 nitrogen and oxygen atoms in total. The van der Waals surface area contributed by atoms with Crippen LogP contribution >= 0.6 is 0 Å². The normalized spacial score (nSPS) is 10.5. The van der Waals surface area contributed by atoms with Gasteiger partial charge in [0.2, 0.25) is 6.41 Å². The van der Waals surface area contributed by atoms with Crippen LogP contribution in [0.3, 0.4) is 0 Å². The molecule has 0 aliphatic carbocycles. The van der Waals surface area contributed by atoms with E-state index in [1.807, 2.05) is 19.0 Å². The van der Waals surface area contributed by atoms with Crippen molar-refractivity contribution in [3.05, 3.63) is 23.3 Å². The number of imide groups is 1. The fraction of sp³-hybridized carbons (Fsp3) is 0.385. The Morgan fingerprint density at radius 1 is 1.21 bits per heavy atom. The van der Waals surface area contributed by atoms with Gasteiger partial charge in [0.1, 0.15) is 0 Å². The lowest BCUT2D eigenvalue weighted by Crippen LogP contribution is -2.36. The number of aryl methyl sites for hydroxylation is 1. The number of carbonyl (C=O) groups is 2. The minimum Gasteiger partial charge on any atom is -0.397 e. The molecule has 6 heteroatoms. The van der Waals surface area contributed by atoms with Crippen molar-refractivity contribution in [2.24, 2.45) is 0 Å². The van der Waals surface area contributed by atoms with Crippen LogP contribution in [-0.4, -0.2) is 49.3 Å². The number of nitrogen functional groups attached to an aromatic ring is 2. The third-order valence-corrected chi connectivity index (χ3v) is 2.84. The Hall–Kier alpha value is -2.08. The largest absolute Gasteiger partial charge is 0.397 e. The van der Waals surface area contributed by atoms with Crippen LogP contribution in [0.25, 0.3) is 0 Å². The van der Waals surface area contributed by atoms with Crippen molar-refractivity contribution in [1.29, 1.82) is 0 Å². The molecule has 1 aromatic rings. The molecule has 0 unspecified atom stereocenters. The highest BCUT2D eigenvalue weighted by Crippen LogP contribution is 2.21. The lowest BCUT2D eigenvalue weighted by atomic mass is 10.1. The Morgan fingerprint density at radius 2 is 1.79 bits per heavy atom. The molecule has 0 saturated carbocycles. The van der Waals surface area contributed by atoms with Gasteiger partial charge in [-0.15, -0.1) is 0 Å². The summed E-state index contributed by atoms with van der Waals surface area (Å²) in [7, 11) is 3.75. The van der Waals surface area contributed by atoms with E-state index in [4.69, 9.17) is 11.5 Å². The first-order valence-electron chi connectivity index (χ1n) is 5.93. The Labute approximate surface area is 113 Å². The molecule has 0 atom stereocenters. The summed E-state index contributed by atoms with van der Waals surface area (Å²) in [5.74, 6) is -0.360. The van der Waals surface area contributed by atoms with Crippen molar-refractivity contribution in [2.45, 2.75) is 6.92 Å². The monoisotopic (exact) mass is 264 g/mol. The lowest BCUT2D eigenvalue weighted by Gasteiger charge is -2.19. The Balaban J connectivity index is 2.97. The number of carbonyl (C=O) groups excluding carboxylic acids is 2. The van der Waals surface area contributed by atoms with E-state index in [1.165, 1.54) is 6.07 Å². The molecule has 0 aromatic heterocycles. The van der Waals surface area contributed by atoms with E-state index >= 15 is 0 Å². The first-order valence-corrected chi connectivity index (χ1v) is 5.93. The van der Waals surface area contributed by atoms with Crippen LogP contribution in [0.4, 0.5) is 11.4 Å². The summed E-state index contributed by atoms with van der Waals surface area (Å²) in [6, 6.07) is 3.15. The quantitative estimate of drug-likeness (QED) is 0.590. The zero-order chi connectivity index (χ0) is 14.6. The minimum absolute atomic E-state index is 0.332. The Morgan fingerprint density at radius 3 is 2.32 bits per heavy atom. The number of likely N-dealkylation sites (N-methyl/N-ethyl adjacent to an activating group) is 1. The molecular formula is C13H20N4O2. The average molecular weight is 264 g/mol. The van der Waals surface area contributed by atoms with Gasteiger partial charge in [0.05, 0.1) is 11.4 Å². The molecule has 0 saturated heterocycles. The van der Waals surface area contributed by atoms with E-state index in [-0.39, 0.29) is 5.91 Å². The molecule has 104 valence electrons. The maximum Gasteiger partial charge on any atom is 0.260 e. The maximum absolute atomic E-state index is 12.3. The zero-order valence-electron chi connectivity index (χ0n) is 11.5. The molecule has 1 rings (SSSR count). The predicted molar refractivity (Wildman–Crippen MR) is 75.7 cm³/mol. The number of nitrogens with zero attached hydrogens (tertiary/aromatic N) is 2. The predicted octanol–water partition coefficient (Wildman–Crippen LogP) is 0.320. The van der Waals surface area contributed by atoms with Gasteiger partial charge in [0, 0.05) is 18.7 Å². The molecule has 0 bridgehead atoms. The second kappa shape index (κ2) is 6.19. The van der Waals surface area contributed by atoms with Gasteiger partial charge in [-0.25, -0.2) is 0 Å². The summed E-state index contributed by atoms with van der Waals surface area (Å²) in [5, 5.41) is 0. The first kappa shape index (κ1) is 15.0. The van der Waals surface area contributed by atoms with Crippen LogP contribution < -0.4 is 11.5 Å². The van der Waals surface area contributed by atoms with Crippen LogP contribution in [0.2, 0.25) is 0 Å². The van der Waals surface area contributed by atoms with Gasteiger partial charge >= 0.3 is 0 Å². The summed E-state index contributed by atoms with van der Waals surface area (Å²) < 4.78 is 0. The number of hydrogen-bond acceptors (Lipinski definition) is 5. The van der Waals surface area contributed by atoms with Gasteiger partial charge in [-0.2, -0.15) is 0 Å². The maximum atomic E-state index is 12.3. The van der Waals surface area contributed by atoms with Crippen LogP contribution in [0.5, 0.6) is 0 Å². The van der Waals surface area contributed by atoms with Crippen LogP contribution in [-0.2, 0) is 4.79 Å². The number of hydrogen-bond donors (Lipinski definition) is 2. The molecule has 0 aliphatic rings. The SMILES string of the molecule is Cc1cc(N)c(N)cc1C(=O)N(C=O)CCN(C)C. The van der Waals surface area contributed by atoms with Crippen molar-refractivity contribution in [2.75, 3.05) is 38.7 Å². The number of benzene rings is 1. The molecule has 0 radical (unpaired) electrons. The highest BCUT2D eigenvalue weighted by molar-refractivity contribution is 6.02. The van der Waals surface area contributed by atoms with Gasteiger partial charge in [0.15, 0.2) is 0 Å². The van der Waals surface area contributed by atoms with E-state index in [0.29, 0.717) is 42.0 Å². The van der Waals surface area contributed by atoms with Crippen molar-refractivity contribution < 1.29 is 9.59 Å². The van der Waals surface area contributed by atoms with Crippen molar-refractivity contribution >= 4 is 23.7 Å². The van der Waals surface area contributed by atoms with Gasteiger partial charge in [0.25, 0.3) is 5.91 Å². The van der Waals surface area contributed by atoms with E-state index in [1.54, 1.807) is 13.0 Å². The zero-order valence-corrected chi connectivity index (χ0v) is 11.5.